The minimum atomic E-state index is 0. The molecule has 4 heavy (non-hydrogen) atoms. The van der Waals surface area contributed by atoms with Crippen LogP contribution in [0.2, 0.25) is 0 Å². The van der Waals surface area contributed by atoms with E-state index < -0.39 is 0 Å². The molecule has 0 heterocycles. The molecule has 0 fully saturated rings. The van der Waals surface area contributed by atoms with Crippen LogP contribution >= 0.6 is 12.2 Å². The van der Waals surface area contributed by atoms with E-state index in [1.165, 1.54) is 0 Å². The van der Waals surface area contributed by atoms with Gasteiger partial charge in [0.15, 0.2) is 0 Å². The summed E-state index contributed by atoms with van der Waals surface area (Å²) >= 11 is 3.81. The molecule has 0 saturated heterocycles. The van der Waals surface area contributed by atoms with Crippen LogP contribution in [0.4, 0.5) is 0 Å². The molecule has 0 spiro atoms. The van der Waals surface area contributed by atoms with E-state index in [-0.39, 0.29) is 7.43 Å². The van der Waals surface area contributed by atoms with Crippen LogP contribution in [0.3, 0.4) is 0 Å². The van der Waals surface area contributed by atoms with Gasteiger partial charge in [-0.15, -0.1) is 0 Å². The first-order valence-corrected chi connectivity index (χ1v) is 0.862. The van der Waals surface area contributed by atoms with Crippen molar-refractivity contribution in [3.8, 4) is 0 Å². The lowest BCUT2D eigenvalue weighted by atomic mass is 11.8. The molecule has 0 unspecified atom stereocenters. The maximum absolute atomic E-state index is 5.77. The second-order valence-corrected chi connectivity index (χ2v) is 0.306. The third-order valence-electron chi connectivity index (χ3n) is 0. The molecule has 0 rings (SSSR count). The standard InChI is InChI=1S/CHNS.CH/c2-1-3;/h2H;1H. The Labute approximate surface area is 31.2 Å². The first kappa shape index (κ1) is 9.20. The molecule has 0 amide bonds. The van der Waals surface area contributed by atoms with Crippen LogP contribution in [0.25, 0.3) is 0 Å². The van der Waals surface area contributed by atoms with Gasteiger partial charge in [0.05, 0.1) is 5.16 Å². The maximum atomic E-state index is 5.77. The van der Waals surface area contributed by atoms with Gasteiger partial charge in [-0.1, -0.05) is 0 Å². The Morgan fingerprint density at radius 2 is 1.75 bits per heavy atom. The molecule has 0 aliphatic carbocycles. The fourth-order valence-corrected chi connectivity index (χ4v) is 0. The lowest BCUT2D eigenvalue weighted by molar-refractivity contribution is 1.61. The highest BCUT2D eigenvalue weighted by Gasteiger charge is 0.975. The zero-order valence-electron chi connectivity index (χ0n) is 1.99. The van der Waals surface area contributed by atoms with E-state index in [0.717, 1.165) is 0 Å². The van der Waals surface area contributed by atoms with Crippen LogP contribution < -0.4 is 0 Å². The van der Waals surface area contributed by atoms with Crippen LogP contribution in [0, 0.1) is 12.8 Å². The highest BCUT2D eigenvalue weighted by molar-refractivity contribution is 7.78. The van der Waals surface area contributed by atoms with Gasteiger partial charge >= 0.3 is 0 Å². The molecular weight excluding hydrogens is 70.1 g/mol. The SMILES string of the molecule is N=C=S.[CH]. The van der Waals surface area contributed by atoms with Crippen LogP contribution in [0.5, 0.6) is 0 Å². The molecule has 1 nitrogen and oxygen atoms in total. The summed E-state index contributed by atoms with van der Waals surface area (Å²) in [6.45, 7) is 0. The van der Waals surface area contributed by atoms with Gasteiger partial charge in [-0.2, -0.15) is 0 Å². The van der Waals surface area contributed by atoms with Gasteiger partial charge in [-0.3, -0.25) is 0 Å². The Kier molecular flexibility index (Phi) is 32.6. The third kappa shape index (κ3) is 28.8. The minimum absolute atomic E-state index is 0. The van der Waals surface area contributed by atoms with Crippen molar-refractivity contribution >= 4 is 17.4 Å². The maximum Gasteiger partial charge on any atom is 0.0554 e. The van der Waals surface area contributed by atoms with Gasteiger partial charge < -0.3 is 0 Å². The lowest BCUT2D eigenvalue weighted by Gasteiger charge is -1.05. The van der Waals surface area contributed by atoms with E-state index in [0.29, 0.717) is 0 Å². The first-order chi connectivity index (χ1) is 1.41. The number of hydrogen-bond donors (Lipinski definition) is 1. The molecule has 1 N–H and O–H groups in total. The summed E-state index contributed by atoms with van der Waals surface area (Å²) in [7, 11) is 0. The monoisotopic (exact) mass is 72.0 g/mol. The predicted molar refractivity (Wildman–Crippen MR) is 19.6 cm³/mol. The number of hydrogen-bond acceptors (Lipinski definition) is 2. The number of thiocarbonyl (C=S) groups is 1. The highest BCUT2D eigenvalue weighted by Crippen LogP contribution is 1.16. The average molecular weight is 72.1 g/mol. The molecule has 0 aliphatic rings. The Morgan fingerprint density at radius 3 is 1.75 bits per heavy atom. The van der Waals surface area contributed by atoms with Gasteiger partial charge in [0.25, 0.3) is 0 Å². The Bertz CT molecular complexity index is 27.0. The summed E-state index contributed by atoms with van der Waals surface area (Å²) < 4.78 is 0. The molecule has 0 saturated carbocycles. The molecule has 3 radical (unpaired) electrons. The predicted octanol–water partition coefficient (Wildman–Crippen LogP) is 0.872. The first-order valence-electron chi connectivity index (χ1n) is 0.454. The second-order valence-electron chi connectivity index (χ2n) is 0.102. The third-order valence-corrected chi connectivity index (χ3v) is 0. The van der Waals surface area contributed by atoms with Crippen molar-refractivity contribution < 1.29 is 0 Å². The number of isothiocyanates is 1. The van der Waals surface area contributed by atoms with Crippen LogP contribution in [-0.4, -0.2) is 5.16 Å². The highest BCUT2D eigenvalue weighted by atomic mass is 32.1. The topological polar surface area (TPSA) is 23.9 Å². The van der Waals surface area contributed by atoms with Crippen molar-refractivity contribution in [1.29, 1.82) is 5.41 Å². The van der Waals surface area contributed by atoms with Crippen molar-refractivity contribution in [2.75, 3.05) is 0 Å². The van der Waals surface area contributed by atoms with Gasteiger partial charge in [-0.25, -0.2) is 5.41 Å². The van der Waals surface area contributed by atoms with Crippen molar-refractivity contribution in [2.45, 2.75) is 0 Å². The molecule has 21 valence electrons. The smallest absolute Gasteiger partial charge is 0.0554 e. The summed E-state index contributed by atoms with van der Waals surface area (Å²) in [5.74, 6) is 0. The van der Waals surface area contributed by atoms with Crippen molar-refractivity contribution in [3.63, 3.8) is 0 Å². The normalized spacial score (nSPS) is 2.00. The van der Waals surface area contributed by atoms with Crippen LogP contribution in [0.1, 0.15) is 0 Å². The Hall–Kier alpha value is -0.200. The Morgan fingerprint density at radius 1 is 1.75 bits per heavy atom. The Balaban J connectivity index is 0. The summed E-state index contributed by atoms with van der Waals surface area (Å²) in [4.78, 5) is 0. The summed E-state index contributed by atoms with van der Waals surface area (Å²) in [5, 5.41) is 7.36. The van der Waals surface area contributed by atoms with E-state index in [9.17, 15) is 0 Å². The van der Waals surface area contributed by atoms with Gasteiger partial charge in [0.2, 0.25) is 0 Å². The summed E-state index contributed by atoms with van der Waals surface area (Å²) in [6.07, 6.45) is 0. The lowest BCUT2D eigenvalue weighted by Crippen LogP contribution is -1.03. The van der Waals surface area contributed by atoms with E-state index in [4.69, 9.17) is 5.41 Å². The molecule has 0 bridgehead atoms. The summed E-state index contributed by atoms with van der Waals surface area (Å²) in [6, 6.07) is 0. The fourth-order valence-electron chi connectivity index (χ4n) is 0. The van der Waals surface area contributed by atoms with Crippen molar-refractivity contribution in [3.05, 3.63) is 7.43 Å². The quantitative estimate of drug-likeness (QED) is 0.333. The van der Waals surface area contributed by atoms with Crippen LogP contribution in [-0.2, 0) is 0 Å². The zero-order chi connectivity index (χ0) is 2.71. The van der Waals surface area contributed by atoms with Crippen LogP contribution in [0.15, 0.2) is 0 Å². The molecule has 0 atom stereocenters. The summed E-state index contributed by atoms with van der Waals surface area (Å²) in [5.41, 5.74) is 0. The second kappa shape index (κ2) is 14.2. The van der Waals surface area contributed by atoms with Crippen molar-refractivity contribution in [2.24, 2.45) is 0 Å². The van der Waals surface area contributed by atoms with Gasteiger partial charge in [-0.05, 0) is 19.6 Å². The van der Waals surface area contributed by atoms with E-state index in [2.05, 4.69) is 12.2 Å². The molecule has 2 heteroatoms. The van der Waals surface area contributed by atoms with E-state index in [1.54, 1.807) is 5.16 Å². The molecule has 0 aromatic carbocycles. The van der Waals surface area contributed by atoms with Crippen molar-refractivity contribution in [1.82, 2.24) is 0 Å². The molecule has 0 aromatic rings. The van der Waals surface area contributed by atoms with Gasteiger partial charge in [0.1, 0.15) is 0 Å². The number of rotatable bonds is 0. The fraction of sp³-hybridized carbons (Fsp3) is 0. The van der Waals surface area contributed by atoms with Gasteiger partial charge in [0, 0.05) is 0 Å². The zero-order valence-corrected chi connectivity index (χ0v) is 2.80. The molecule has 0 aromatic heterocycles. The molecular formula is C2H2NS. The molecule has 0 aliphatic heterocycles. The average Bonchev–Trinajstić information content (AvgIpc) is 0.918. The minimum Gasteiger partial charge on any atom is -0.248 e. The van der Waals surface area contributed by atoms with E-state index in [1.807, 2.05) is 0 Å². The largest absolute Gasteiger partial charge is 0.248 e. The number of nitrogens with one attached hydrogen (secondary N) is 1. The van der Waals surface area contributed by atoms with E-state index >= 15 is 0 Å².